The van der Waals surface area contributed by atoms with Crippen LogP contribution < -0.4 is 4.72 Å². The Morgan fingerprint density at radius 1 is 1.38 bits per heavy atom. The molecule has 2 rings (SSSR count). The highest BCUT2D eigenvalue weighted by Gasteiger charge is 2.51. The highest BCUT2D eigenvalue weighted by Crippen LogP contribution is 2.58. The second-order valence-electron chi connectivity index (χ2n) is 8.63. The molecule has 6 nitrogen and oxygen atoms in total. The summed E-state index contributed by atoms with van der Waals surface area (Å²) in [6.45, 7) is 14.0. The molecule has 148 valence electrons. The normalized spacial score (nSPS) is 34.0. The Bertz CT molecular complexity index is 688. The van der Waals surface area contributed by atoms with E-state index in [1.807, 2.05) is 0 Å². The third-order valence-electron chi connectivity index (χ3n) is 6.79. The van der Waals surface area contributed by atoms with Crippen LogP contribution in [-0.2, 0) is 14.8 Å². The van der Waals surface area contributed by atoms with Crippen molar-refractivity contribution >= 4 is 15.9 Å². The summed E-state index contributed by atoms with van der Waals surface area (Å²) in [5.41, 5.74) is -0.229. The van der Waals surface area contributed by atoms with Crippen LogP contribution in [0, 0.1) is 23.3 Å². The summed E-state index contributed by atoms with van der Waals surface area (Å²) in [4.78, 5) is 17.3. The van der Waals surface area contributed by atoms with Crippen molar-refractivity contribution in [2.75, 3.05) is 19.3 Å². The number of nitrogens with one attached hydrogen (secondary N) is 1. The largest absolute Gasteiger partial charge is 0.303 e. The molecule has 0 unspecified atom stereocenters. The molecule has 0 bridgehead atoms. The zero-order valence-electron chi connectivity index (χ0n) is 16.1. The van der Waals surface area contributed by atoms with E-state index in [2.05, 4.69) is 30.3 Å². The molecule has 1 saturated heterocycles. The summed E-state index contributed by atoms with van der Waals surface area (Å²) in [5, 5.41) is 0. The number of hydrogen-bond acceptors (Lipinski definition) is 3. The fourth-order valence-corrected chi connectivity index (χ4v) is 4.91. The molecule has 0 radical (unpaired) electrons. The number of rotatable bonds is 6. The number of likely N-dealkylation sites (tertiary alicyclic amines) is 1. The third kappa shape index (κ3) is 4.37. The maximum absolute atomic E-state index is 13.5. The van der Waals surface area contributed by atoms with Crippen molar-refractivity contribution in [3.63, 3.8) is 0 Å². The van der Waals surface area contributed by atoms with Crippen LogP contribution in [0.1, 0.15) is 52.9 Å². The van der Waals surface area contributed by atoms with E-state index in [4.69, 9.17) is 6.57 Å². The number of halogens is 1. The molecule has 2 aliphatic rings. The van der Waals surface area contributed by atoms with Gasteiger partial charge in [-0.1, -0.05) is 20.8 Å². The summed E-state index contributed by atoms with van der Waals surface area (Å²) in [6, 6.07) is 0. The highest BCUT2D eigenvalue weighted by atomic mass is 32.2. The van der Waals surface area contributed by atoms with Crippen molar-refractivity contribution in [3.8, 4) is 0 Å². The molecular weight excluding hydrogens is 357 g/mol. The molecule has 26 heavy (non-hydrogen) atoms. The lowest BCUT2D eigenvalue weighted by Crippen LogP contribution is -2.41. The number of sulfonamides is 1. The lowest BCUT2D eigenvalue weighted by atomic mass is 9.63. The van der Waals surface area contributed by atoms with Gasteiger partial charge < -0.3 is 0 Å². The molecule has 8 heteroatoms. The molecule has 1 aliphatic carbocycles. The first-order valence-corrected chi connectivity index (χ1v) is 11.0. The molecule has 0 spiro atoms. The molecule has 0 aromatic carbocycles. The van der Waals surface area contributed by atoms with E-state index in [0.29, 0.717) is 19.4 Å². The average molecular weight is 388 g/mol. The van der Waals surface area contributed by atoms with Gasteiger partial charge in [0.2, 0.25) is 15.9 Å². The molecule has 0 aromatic rings. The van der Waals surface area contributed by atoms with Gasteiger partial charge >= 0.3 is 6.17 Å². The second-order valence-corrected chi connectivity index (χ2v) is 10.5. The van der Waals surface area contributed by atoms with E-state index in [-0.39, 0.29) is 35.6 Å². The number of alkyl halides is 1. The van der Waals surface area contributed by atoms with Gasteiger partial charge in [0.25, 0.3) is 0 Å². The van der Waals surface area contributed by atoms with E-state index < -0.39 is 22.4 Å². The van der Waals surface area contributed by atoms with Crippen molar-refractivity contribution in [3.05, 3.63) is 11.4 Å². The van der Waals surface area contributed by atoms with Crippen molar-refractivity contribution in [2.24, 2.45) is 16.7 Å². The first kappa shape index (κ1) is 21.1. The minimum atomic E-state index is -3.22. The van der Waals surface area contributed by atoms with Crippen LogP contribution in [0.25, 0.3) is 4.85 Å². The average Bonchev–Trinajstić information content (AvgIpc) is 3.01. The number of carbonyl (C=O) groups is 1. The summed E-state index contributed by atoms with van der Waals surface area (Å²) < 4.78 is 38.9. The topological polar surface area (TPSA) is 70.8 Å². The van der Waals surface area contributed by atoms with E-state index in [1.165, 1.54) is 4.90 Å². The minimum Gasteiger partial charge on any atom is -0.289 e. The van der Waals surface area contributed by atoms with Gasteiger partial charge in [-0.05, 0) is 36.0 Å². The Hall–Kier alpha value is -1.20. The van der Waals surface area contributed by atoms with Gasteiger partial charge in [-0.3, -0.25) is 14.5 Å². The maximum atomic E-state index is 13.5. The summed E-state index contributed by atoms with van der Waals surface area (Å²) in [7, 11) is -3.22. The Labute approximate surface area is 156 Å². The molecule has 1 saturated carbocycles. The number of carbonyl (C=O) groups excluding carboxylic acids is 1. The lowest BCUT2D eigenvalue weighted by Gasteiger charge is -2.42. The van der Waals surface area contributed by atoms with Gasteiger partial charge in [-0.25, -0.2) is 24.1 Å². The van der Waals surface area contributed by atoms with Gasteiger partial charge in [0.1, 0.15) is 6.17 Å². The zero-order valence-corrected chi connectivity index (χ0v) is 16.9. The van der Waals surface area contributed by atoms with Crippen LogP contribution in [0.2, 0.25) is 0 Å². The van der Waals surface area contributed by atoms with Crippen molar-refractivity contribution in [2.45, 2.75) is 65.2 Å². The quantitative estimate of drug-likeness (QED) is 0.712. The van der Waals surface area contributed by atoms with Gasteiger partial charge in [-0.15, -0.1) is 0 Å². The van der Waals surface area contributed by atoms with Gasteiger partial charge in [-0.2, -0.15) is 0 Å². The first-order chi connectivity index (χ1) is 11.9. The number of amides is 1. The fourth-order valence-electron chi connectivity index (χ4n) is 4.41. The van der Waals surface area contributed by atoms with Gasteiger partial charge in [0.15, 0.2) is 0 Å². The molecule has 1 aliphatic heterocycles. The van der Waals surface area contributed by atoms with Crippen LogP contribution in [0.5, 0.6) is 0 Å². The molecule has 2 fully saturated rings. The van der Waals surface area contributed by atoms with Crippen molar-refractivity contribution in [1.82, 2.24) is 9.62 Å². The minimum absolute atomic E-state index is 0.0207. The Kier molecular flexibility index (Phi) is 6.03. The number of hydrogen-bond donors (Lipinski definition) is 1. The predicted octanol–water partition coefficient (Wildman–Crippen LogP) is 2.57. The standard InChI is InChI=1S/C18H30FN3O3S/c1-17(2)13(11-21-26(5,24)25)6-8-18(17,3)9-7-16(23)22-12-14(19)10-15(22)20-4/h13-15,21H,6-12H2,1-3,5H3/t13-,14-,15-,18+/m0/s1. The molecule has 1 amide bonds. The zero-order chi connectivity index (χ0) is 19.8. The fraction of sp³-hybridized carbons (Fsp3) is 0.889. The molecule has 4 atom stereocenters. The van der Waals surface area contributed by atoms with E-state index in [9.17, 15) is 17.6 Å². The van der Waals surface area contributed by atoms with E-state index in [1.54, 1.807) is 0 Å². The van der Waals surface area contributed by atoms with E-state index >= 15 is 0 Å². The maximum Gasteiger partial charge on any atom is 0.303 e. The van der Waals surface area contributed by atoms with E-state index in [0.717, 1.165) is 19.1 Å². The van der Waals surface area contributed by atoms with Gasteiger partial charge in [0, 0.05) is 13.0 Å². The summed E-state index contributed by atoms with van der Waals surface area (Å²) in [5.74, 6) is 0.0520. The second kappa shape index (κ2) is 7.43. The third-order valence-corrected chi connectivity index (χ3v) is 7.48. The lowest BCUT2D eigenvalue weighted by molar-refractivity contribution is -0.132. The summed E-state index contributed by atoms with van der Waals surface area (Å²) >= 11 is 0. The smallest absolute Gasteiger partial charge is 0.289 e. The van der Waals surface area contributed by atoms with Crippen LogP contribution in [0.4, 0.5) is 4.39 Å². The van der Waals surface area contributed by atoms with Gasteiger partial charge in [0.05, 0.1) is 19.2 Å². The van der Waals surface area contributed by atoms with Crippen molar-refractivity contribution < 1.29 is 17.6 Å². The van der Waals surface area contributed by atoms with Crippen LogP contribution in [0.15, 0.2) is 0 Å². The monoisotopic (exact) mass is 387 g/mol. The summed E-state index contributed by atoms with van der Waals surface area (Å²) in [6.07, 6.45) is 2.27. The van der Waals surface area contributed by atoms with Crippen LogP contribution >= 0.6 is 0 Å². The predicted molar refractivity (Wildman–Crippen MR) is 98.3 cm³/mol. The SMILES string of the molecule is [C-]#[N+][C@@H]1C[C@H](F)CN1C(=O)CC[C@@]1(C)CC[C@@H](CNS(C)(=O)=O)C1(C)C. The Morgan fingerprint density at radius 2 is 2.04 bits per heavy atom. The van der Waals surface area contributed by atoms with Crippen LogP contribution in [-0.4, -0.2) is 50.9 Å². The number of nitrogens with zero attached hydrogens (tertiary/aromatic N) is 2. The Balaban J connectivity index is 1.98. The molecule has 1 heterocycles. The highest BCUT2D eigenvalue weighted by molar-refractivity contribution is 7.88. The van der Waals surface area contributed by atoms with Crippen LogP contribution in [0.3, 0.4) is 0 Å². The first-order valence-electron chi connectivity index (χ1n) is 9.14. The molecule has 1 N–H and O–H groups in total. The molecular formula is C18H30FN3O3S. The molecule has 0 aromatic heterocycles. The Morgan fingerprint density at radius 3 is 2.62 bits per heavy atom. The van der Waals surface area contributed by atoms with Crippen molar-refractivity contribution in [1.29, 1.82) is 0 Å².